The number of carbonyl (C=O) groups is 1. The third kappa shape index (κ3) is 3.02. The van der Waals surface area contributed by atoms with Gasteiger partial charge in [0, 0.05) is 6.04 Å². The van der Waals surface area contributed by atoms with Crippen LogP contribution in [0.4, 0.5) is 4.79 Å². The van der Waals surface area contributed by atoms with Gasteiger partial charge in [0.25, 0.3) is 0 Å². The number of ether oxygens (including phenoxy) is 1. The van der Waals surface area contributed by atoms with E-state index >= 15 is 0 Å². The van der Waals surface area contributed by atoms with Crippen LogP contribution in [-0.2, 0) is 11.3 Å². The minimum atomic E-state index is -0.179. The summed E-state index contributed by atoms with van der Waals surface area (Å²) >= 11 is 0. The molecular weight excluding hydrogens is 262 g/mol. The lowest BCUT2D eigenvalue weighted by atomic mass is 10.0. The van der Waals surface area contributed by atoms with Gasteiger partial charge in [0.15, 0.2) is 0 Å². The Kier molecular flexibility index (Phi) is 4.09. The topological polar surface area (TPSA) is 29.5 Å². The quantitative estimate of drug-likeness (QED) is 0.837. The smallest absolute Gasteiger partial charge is 0.410 e. The van der Waals surface area contributed by atoms with Gasteiger partial charge in [0.05, 0.1) is 6.04 Å². The maximum absolute atomic E-state index is 12.4. The second kappa shape index (κ2) is 6.17. The molecule has 2 atom stereocenters. The van der Waals surface area contributed by atoms with Crippen molar-refractivity contribution in [1.29, 1.82) is 0 Å². The highest BCUT2D eigenvalue weighted by Gasteiger charge is 2.39. The molecule has 3 rings (SSSR count). The van der Waals surface area contributed by atoms with Gasteiger partial charge < -0.3 is 4.74 Å². The molecule has 2 bridgehead atoms. The number of hydrogen-bond donors (Lipinski definition) is 0. The van der Waals surface area contributed by atoms with Crippen molar-refractivity contribution in [1.82, 2.24) is 4.90 Å². The molecule has 1 aromatic carbocycles. The van der Waals surface area contributed by atoms with E-state index in [0.717, 1.165) is 24.8 Å². The summed E-state index contributed by atoms with van der Waals surface area (Å²) in [5.41, 5.74) is 2.37. The lowest BCUT2D eigenvalue weighted by Crippen LogP contribution is -2.43. The zero-order chi connectivity index (χ0) is 14.7. The Morgan fingerprint density at radius 1 is 1.33 bits per heavy atom. The summed E-state index contributed by atoms with van der Waals surface area (Å²) in [6.45, 7) is 2.38. The Hall–Kier alpha value is -2.03. The van der Waals surface area contributed by atoms with Crippen LogP contribution in [0.15, 0.2) is 54.1 Å². The molecule has 2 aliphatic heterocycles. The van der Waals surface area contributed by atoms with E-state index in [2.05, 4.69) is 18.2 Å². The molecule has 2 unspecified atom stereocenters. The van der Waals surface area contributed by atoms with E-state index in [1.165, 1.54) is 5.57 Å². The molecule has 0 radical (unpaired) electrons. The number of rotatable bonds is 3. The van der Waals surface area contributed by atoms with Crippen molar-refractivity contribution >= 4 is 6.09 Å². The van der Waals surface area contributed by atoms with Gasteiger partial charge in [0.2, 0.25) is 0 Å². The molecule has 0 aromatic heterocycles. The van der Waals surface area contributed by atoms with Gasteiger partial charge in [-0.3, -0.25) is 4.90 Å². The Bertz CT molecular complexity index is 562. The second-order valence-corrected chi connectivity index (χ2v) is 5.69. The molecule has 2 heterocycles. The fraction of sp³-hybridized carbons (Fsp3) is 0.389. The van der Waals surface area contributed by atoms with Gasteiger partial charge in [-0.1, -0.05) is 48.6 Å². The van der Waals surface area contributed by atoms with Crippen molar-refractivity contribution in [3.05, 3.63) is 59.7 Å². The van der Waals surface area contributed by atoms with Crippen LogP contribution >= 0.6 is 0 Å². The first-order valence-corrected chi connectivity index (χ1v) is 7.60. The monoisotopic (exact) mass is 283 g/mol. The van der Waals surface area contributed by atoms with Gasteiger partial charge >= 0.3 is 6.09 Å². The van der Waals surface area contributed by atoms with Gasteiger partial charge in [0.1, 0.15) is 6.61 Å². The molecule has 21 heavy (non-hydrogen) atoms. The van der Waals surface area contributed by atoms with Crippen molar-refractivity contribution in [2.24, 2.45) is 0 Å². The summed E-state index contributed by atoms with van der Waals surface area (Å²) < 4.78 is 5.48. The predicted octanol–water partition coefficient (Wildman–Crippen LogP) is 4.06. The summed E-state index contributed by atoms with van der Waals surface area (Å²) in [6.07, 6.45) is 9.32. The number of carbonyl (C=O) groups excluding carboxylic acids is 1. The minimum absolute atomic E-state index is 0.179. The van der Waals surface area contributed by atoms with Crippen LogP contribution in [0.1, 0.15) is 31.7 Å². The van der Waals surface area contributed by atoms with Gasteiger partial charge in [-0.05, 0) is 37.3 Å². The molecule has 110 valence electrons. The summed E-state index contributed by atoms with van der Waals surface area (Å²) in [5, 5.41) is 0. The number of allylic oxidation sites excluding steroid dienone is 2. The number of benzene rings is 1. The zero-order valence-corrected chi connectivity index (χ0v) is 12.4. The fourth-order valence-electron chi connectivity index (χ4n) is 3.28. The lowest BCUT2D eigenvalue weighted by molar-refractivity contribution is 0.0820. The zero-order valence-electron chi connectivity index (χ0n) is 12.4. The van der Waals surface area contributed by atoms with Crippen LogP contribution in [0.3, 0.4) is 0 Å². The van der Waals surface area contributed by atoms with E-state index in [9.17, 15) is 4.79 Å². The number of amides is 1. The molecule has 1 amide bonds. The van der Waals surface area contributed by atoms with Crippen molar-refractivity contribution in [2.45, 2.75) is 44.9 Å². The SMILES string of the molecule is C/C=C\C1=CC2CCC(C1)N2C(=O)OCc1ccccc1. The van der Waals surface area contributed by atoms with Crippen molar-refractivity contribution < 1.29 is 9.53 Å². The van der Waals surface area contributed by atoms with E-state index in [-0.39, 0.29) is 12.1 Å². The average Bonchev–Trinajstić information content (AvgIpc) is 2.78. The molecule has 2 aliphatic rings. The molecule has 0 N–H and O–H groups in total. The largest absolute Gasteiger partial charge is 0.445 e. The first-order chi connectivity index (χ1) is 10.3. The average molecular weight is 283 g/mol. The first kappa shape index (κ1) is 13.9. The fourth-order valence-corrected chi connectivity index (χ4v) is 3.28. The van der Waals surface area contributed by atoms with Crippen LogP contribution in [0, 0.1) is 0 Å². The number of fused-ring (bicyclic) bond motifs is 2. The van der Waals surface area contributed by atoms with Crippen molar-refractivity contribution in [3.8, 4) is 0 Å². The van der Waals surface area contributed by atoms with Gasteiger partial charge in [-0.25, -0.2) is 4.79 Å². The maximum atomic E-state index is 12.4. The minimum Gasteiger partial charge on any atom is -0.445 e. The van der Waals surface area contributed by atoms with E-state index < -0.39 is 0 Å². The van der Waals surface area contributed by atoms with Gasteiger partial charge in [-0.15, -0.1) is 0 Å². The maximum Gasteiger partial charge on any atom is 0.410 e. The molecule has 1 aromatic rings. The summed E-state index contributed by atoms with van der Waals surface area (Å²) in [7, 11) is 0. The van der Waals surface area contributed by atoms with Crippen LogP contribution < -0.4 is 0 Å². The van der Waals surface area contributed by atoms with E-state index in [1.807, 2.05) is 42.2 Å². The highest BCUT2D eigenvalue weighted by Crippen LogP contribution is 2.35. The Morgan fingerprint density at radius 2 is 2.14 bits per heavy atom. The number of hydrogen-bond acceptors (Lipinski definition) is 2. The van der Waals surface area contributed by atoms with Gasteiger partial charge in [-0.2, -0.15) is 0 Å². The molecule has 0 spiro atoms. The summed E-state index contributed by atoms with van der Waals surface area (Å²) in [5.74, 6) is 0. The Balaban J connectivity index is 1.64. The molecule has 3 nitrogen and oxygen atoms in total. The molecule has 0 aliphatic carbocycles. The van der Waals surface area contributed by atoms with Crippen LogP contribution in [-0.4, -0.2) is 23.1 Å². The highest BCUT2D eigenvalue weighted by molar-refractivity contribution is 5.70. The highest BCUT2D eigenvalue weighted by atomic mass is 16.6. The molecule has 0 saturated carbocycles. The van der Waals surface area contributed by atoms with Crippen molar-refractivity contribution in [2.75, 3.05) is 0 Å². The van der Waals surface area contributed by atoms with E-state index in [4.69, 9.17) is 4.74 Å². The standard InChI is InChI=1S/C18H21NO2/c1-2-6-15-11-16-9-10-17(12-15)19(16)18(20)21-13-14-7-4-3-5-8-14/h2-8,11,16-17H,9-10,12-13H2,1H3/b6-2-. The Morgan fingerprint density at radius 3 is 2.86 bits per heavy atom. The number of nitrogens with zero attached hydrogens (tertiary/aromatic N) is 1. The van der Waals surface area contributed by atoms with Crippen LogP contribution in [0.25, 0.3) is 0 Å². The first-order valence-electron chi connectivity index (χ1n) is 7.60. The lowest BCUT2D eigenvalue weighted by Gasteiger charge is -2.32. The van der Waals surface area contributed by atoms with Crippen LogP contribution in [0.2, 0.25) is 0 Å². The Labute approximate surface area is 125 Å². The predicted molar refractivity (Wildman–Crippen MR) is 82.8 cm³/mol. The summed E-state index contributed by atoms with van der Waals surface area (Å²) in [4.78, 5) is 14.3. The normalized spacial score (nSPS) is 24.2. The molecular formula is C18H21NO2. The molecule has 1 saturated heterocycles. The third-order valence-electron chi connectivity index (χ3n) is 4.22. The van der Waals surface area contributed by atoms with Crippen LogP contribution in [0.5, 0.6) is 0 Å². The third-order valence-corrected chi connectivity index (χ3v) is 4.22. The van der Waals surface area contributed by atoms with E-state index in [1.54, 1.807) is 0 Å². The molecule has 1 fully saturated rings. The van der Waals surface area contributed by atoms with E-state index in [0.29, 0.717) is 12.6 Å². The molecule has 3 heteroatoms. The summed E-state index contributed by atoms with van der Waals surface area (Å²) in [6, 6.07) is 10.3. The second-order valence-electron chi connectivity index (χ2n) is 5.69. The van der Waals surface area contributed by atoms with Crippen molar-refractivity contribution in [3.63, 3.8) is 0 Å².